The van der Waals surface area contributed by atoms with Gasteiger partial charge in [0.05, 0.1) is 0 Å². The van der Waals surface area contributed by atoms with Crippen molar-refractivity contribution >= 4 is 27.7 Å². The van der Waals surface area contributed by atoms with Crippen molar-refractivity contribution in [1.82, 2.24) is 14.8 Å². The molecule has 1 atom stereocenters. The van der Waals surface area contributed by atoms with Crippen molar-refractivity contribution in [2.24, 2.45) is 0 Å². The molecule has 110 valence electrons. The molecule has 0 spiro atoms. The van der Waals surface area contributed by atoms with Gasteiger partial charge in [-0.3, -0.25) is 9.59 Å². The van der Waals surface area contributed by atoms with Crippen molar-refractivity contribution in [3.05, 3.63) is 22.4 Å². The molecule has 1 saturated heterocycles. The van der Waals surface area contributed by atoms with Crippen LogP contribution in [-0.4, -0.2) is 40.4 Å². The van der Waals surface area contributed by atoms with Crippen LogP contribution in [0.2, 0.25) is 0 Å². The summed E-state index contributed by atoms with van der Waals surface area (Å²) in [6.45, 7) is 7.06. The first kappa shape index (κ1) is 15.1. The van der Waals surface area contributed by atoms with Crippen molar-refractivity contribution in [3.63, 3.8) is 0 Å². The van der Waals surface area contributed by atoms with Crippen LogP contribution in [0.1, 0.15) is 43.7 Å². The van der Waals surface area contributed by atoms with Crippen LogP contribution >= 0.6 is 15.9 Å². The molecule has 1 aliphatic heterocycles. The van der Waals surface area contributed by atoms with Crippen LogP contribution in [0, 0.1) is 0 Å². The summed E-state index contributed by atoms with van der Waals surface area (Å²) in [6.07, 6.45) is 2.53. The van der Waals surface area contributed by atoms with E-state index in [4.69, 9.17) is 0 Å². The predicted molar refractivity (Wildman–Crippen MR) is 80.6 cm³/mol. The average Bonchev–Trinajstić information content (AvgIpc) is 2.80. The Balaban J connectivity index is 2.32. The largest absolute Gasteiger partial charge is 0.353 e. The van der Waals surface area contributed by atoms with Gasteiger partial charge < -0.3 is 14.8 Å². The minimum Gasteiger partial charge on any atom is -0.353 e. The standard InChI is InChI=1S/C14H20BrN3O2/c1-4-11-13(19)16-5-6-17(11)14(20)12-7-10(15)8-18(12)9(2)3/h7-9,11H,4-6H2,1-3H3,(H,16,19). The fraction of sp³-hybridized carbons (Fsp3) is 0.571. The topological polar surface area (TPSA) is 54.3 Å². The highest BCUT2D eigenvalue weighted by molar-refractivity contribution is 9.10. The summed E-state index contributed by atoms with van der Waals surface area (Å²) >= 11 is 3.42. The minimum atomic E-state index is -0.370. The molecular weight excluding hydrogens is 322 g/mol. The monoisotopic (exact) mass is 341 g/mol. The van der Waals surface area contributed by atoms with Gasteiger partial charge in [0.15, 0.2) is 0 Å². The van der Waals surface area contributed by atoms with E-state index in [2.05, 4.69) is 21.2 Å². The molecule has 1 aliphatic rings. The van der Waals surface area contributed by atoms with Gasteiger partial charge in [-0.2, -0.15) is 0 Å². The molecule has 0 aromatic carbocycles. The molecule has 1 aromatic heterocycles. The van der Waals surface area contributed by atoms with Gasteiger partial charge in [0.2, 0.25) is 5.91 Å². The Kier molecular flexibility index (Phi) is 4.52. The number of carbonyl (C=O) groups is 2. The first-order chi connectivity index (χ1) is 9.45. The third-order valence-electron chi connectivity index (χ3n) is 3.57. The summed E-state index contributed by atoms with van der Waals surface area (Å²) in [6, 6.07) is 1.64. The fourth-order valence-electron chi connectivity index (χ4n) is 2.55. The number of aromatic nitrogens is 1. The molecule has 2 amide bonds. The number of rotatable bonds is 3. The average molecular weight is 342 g/mol. The Bertz CT molecular complexity index is 524. The third kappa shape index (κ3) is 2.75. The maximum atomic E-state index is 12.8. The number of halogens is 1. The Morgan fingerprint density at radius 2 is 2.25 bits per heavy atom. The normalized spacial score (nSPS) is 19.4. The summed E-state index contributed by atoms with van der Waals surface area (Å²) in [5.74, 6) is -0.139. The van der Waals surface area contributed by atoms with Gasteiger partial charge in [-0.15, -0.1) is 0 Å². The lowest BCUT2D eigenvalue weighted by molar-refractivity contribution is -0.127. The predicted octanol–water partition coefficient (Wildman–Crippen LogP) is 2.18. The molecule has 1 aromatic rings. The van der Waals surface area contributed by atoms with E-state index in [1.165, 1.54) is 0 Å². The lowest BCUT2D eigenvalue weighted by Gasteiger charge is -2.34. The molecule has 0 radical (unpaired) electrons. The van der Waals surface area contributed by atoms with E-state index < -0.39 is 0 Å². The number of amides is 2. The highest BCUT2D eigenvalue weighted by Gasteiger charge is 2.33. The van der Waals surface area contributed by atoms with Crippen molar-refractivity contribution < 1.29 is 9.59 Å². The van der Waals surface area contributed by atoms with Gasteiger partial charge in [0, 0.05) is 29.8 Å². The number of piperazine rings is 1. The van der Waals surface area contributed by atoms with Crippen molar-refractivity contribution in [2.75, 3.05) is 13.1 Å². The van der Waals surface area contributed by atoms with Crippen molar-refractivity contribution in [2.45, 2.75) is 39.3 Å². The van der Waals surface area contributed by atoms with Gasteiger partial charge in [-0.25, -0.2) is 0 Å². The quantitative estimate of drug-likeness (QED) is 0.916. The molecular formula is C14H20BrN3O2. The van der Waals surface area contributed by atoms with Gasteiger partial charge >= 0.3 is 0 Å². The van der Waals surface area contributed by atoms with Crippen LogP contribution in [0.5, 0.6) is 0 Å². The molecule has 1 fully saturated rings. The number of hydrogen-bond donors (Lipinski definition) is 1. The summed E-state index contributed by atoms with van der Waals surface area (Å²) in [4.78, 5) is 26.3. The number of nitrogens with one attached hydrogen (secondary N) is 1. The highest BCUT2D eigenvalue weighted by Crippen LogP contribution is 2.22. The van der Waals surface area contributed by atoms with Crippen molar-refractivity contribution in [3.8, 4) is 0 Å². The van der Waals surface area contributed by atoms with Gasteiger partial charge in [-0.1, -0.05) is 6.92 Å². The Morgan fingerprint density at radius 1 is 1.55 bits per heavy atom. The van der Waals surface area contributed by atoms with Crippen molar-refractivity contribution in [1.29, 1.82) is 0 Å². The third-order valence-corrected chi connectivity index (χ3v) is 4.00. The maximum absolute atomic E-state index is 12.8. The molecule has 0 bridgehead atoms. The van der Waals surface area contributed by atoms with Gasteiger partial charge in [-0.05, 0) is 42.3 Å². The van der Waals surface area contributed by atoms with Crippen LogP contribution < -0.4 is 5.32 Å². The van der Waals surface area contributed by atoms with Gasteiger partial charge in [0.1, 0.15) is 11.7 Å². The van der Waals surface area contributed by atoms with Crippen LogP contribution in [0.25, 0.3) is 0 Å². The van der Waals surface area contributed by atoms with Crippen LogP contribution in [-0.2, 0) is 4.79 Å². The number of nitrogens with zero attached hydrogens (tertiary/aromatic N) is 2. The first-order valence-corrected chi connectivity index (χ1v) is 7.71. The molecule has 1 N–H and O–H groups in total. The summed E-state index contributed by atoms with van der Waals surface area (Å²) in [5.41, 5.74) is 0.625. The fourth-order valence-corrected chi connectivity index (χ4v) is 2.99. The molecule has 1 unspecified atom stereocenters. The molecule has 0 saturated carbocycles. The van der Waals surface area contributed by atoms with E-state index in [-0.39, 0.29) is 23.9 Å². The van der Waals surface area contributed by atoms with Crippen LogP contribution in [0.15, 0.2) is 16.7 Å². The molecule has 0 aliphatic carbocycles. The summed E-state index contributed by atoms with van der Waals surface area (Å²) < 4.78 is 2.81. The van der Waals surface area contributed by atoms with E-state index in [9.17, 15) is 9.59 Å². The summed E-state index contributed by atoms with van der Waals surface area (Å²) in [5, 5.41) is 2.81. The molecule has 6 heteroatoms. The number of hydrogen-bond acceptors (Lipinski definition) is 2. The van der Waals surface area contributed by atoms with E-state index in [0.29, 0.717) is 25.2 Å². The lowest BCUT2D eigenvalue weighted by Crippen LogP contribution is -2.57. The molecule has 2 rings (SSSR count). The van der Waals surface area contributed by atoms with Gasteiger partial charge in [0.25, 0.3) is 5.91 Å². The SMILES string of the molecule is CCC1C(=O)NCCN1C(=O)c1cc(Br)cn1C(C)C. The second-order valence-electron chi connectivity index (χ2n) is 5.26. The maximum Gasteiger partial charge on any atom is 0.271 e. The Labute approximate surface area is 127 Å². The molecule has 2 heterocycles. The second kappa shape index (κ2) is 5.99. The summed E-state index contributed by atoms with van der Waals surface area (Å²) in [7, 11) is 0. The zero-order valence-corrected chi connectivity index (χ0v) is 13.6. The number of carbonyl (C=O) groups excluding carboxylic acids is 2. The smallest absolute Gasteiger partial charge is 0.271 e. The lowest BCUT2D eigenvalue weighted by atomic mass is 10.1. The highest BCUT2D eigenvalue weighted by atomic mass is 79.9. The van der Waals surface area contributed by atoms with Crippen LogP contribution in [0.3, 0.4) is 0 Å². The van der Waals surface area contributed by atoms with Crippen LogP contribution in [0.4, 0.5) is 0 Å². The Hall–Kier alpha value is -1.30. The Morgan fingerprint density at radius 3 is 2.85 bits per heavy atom. The minimum absolute atomic E-state index is 0.0613. The second-order valence-corrected chi connectivity index (χ2v) is 6.17. The molecule has 5 nitrogen and oxygen atoms in total. The zero-order valence-electron chi connectivity index (χ0n) is 12.0. The van der Waals surface area contributed by atoms with E-state index in [1.807, 2.05) is 37.6 Å². The van der Waals surface area contributed by atoms with E-state index in [1.54, 1.807) is 4.90 Å². The zero-order chi connectivity index (χ0) is 14.9. The first-order valence-electron chi connectivity index (χ1n) is 6.91. The van der Waals surface area contributed by atoms with E-state index >= 15 is 0 Å². The molecule has 20 heavy (non-hydrogen) atoms. The van der Waals surface area contributed by atoms with E-state index in [0.717, 1.165) is 4.47 Å².